The summed E-state index contributed by atoms with van der Waals surface area (Å²) in [5, 5.41) is 0. The van der Waals surface area contributed by atoms with E-state index in [0.717, 1.165) is 12.8 Å². The van der Waals surface area contributed by atoms with Crippen molar-refractivity contribution in [3.63, 3.8) is 0 Å². The van der Waals surface area contributed by atoms with Gasteiger partial charge in [-0.2, -0.15) is 0 Å². The summed E-state index contributed by atoms with van der Waals surface area (Å²) in [5.41, 5.74) is 5.50. The number of rotatable bonds is 5. The normalized spacial score (nSPS) is 12.8. The second-order valence-electron chi connectivity index (χ2n) is 3.62. The molecule has 1 rings (SSSR count). The summed E-state index contributed by atoms with van der Waals surface area (Å²) in [6.07, 6.45) is 3.38. The molecule has 1 aromatic rings. The topological polar surface area (TPSA) is 38.0 Å². The van der Waals surface area contributed by atoms with Crippen LogP contribution in [0.25, 0.3) is 0 Å². The Morgan fingerprint density at radius 1 is 1.21 bits per heavy atom. The minimum absolute atomic E-state index is 0.283. The average molecular weight is 192 g/mol. The maximum absolute atomic E-state index is 5.46. The predicted molar refractivity (Wildman–Crippen MR) is 60.8 cm³/mol. The molecule has 14 heavy (non-hydrogen) atoms. The first kappa shape index (κ1) is 11.2. The molecule has 0 heterocycles. The quantitative estimate of drug-likeness (QED) is 0.556. The van der Waals surface area contributed by atoms with Crippen molar-refractivity contribution in [3.8, 4) is 0 Å². The summed E-state index contributed by atoms with van der Waals surface area (Å²) in [6, 6.07) is 9.00. The van der Waals surface area contributed by atoms with Gasteiger partial charge in [-0.15, -0.1) is 0 Å². The lowest BCUT2D eigenvalue weighted by Crippen LogP contribution is -2.27. The molecule has 0 saturated carbocycles. The number of hydrogen-bond donors (Lipinski definition) is 2. The van der Waals surface area contributed by atoms with Crippen LogP contribution in [0.3, 0.4) is 0 Å². The zero-order valence-corrected chi connectivity index (χ0v) is 9.09. The Labute approximate surface area is 86.5 Å². The number of hydrogen-bond acceptors (Lipinski definition) is 2. The van der Waals surface area contributed by atoms with Crippen molar-refractivity contribution < 1.29 is 0 Å². The molecule has 0 spiro atoms. The van der Waals surface area contributed by atoms with Crippen LogP contribution in [0.15, 0.2) is 24.3 Å². The Balaban J connectivity index is 2.71. The van der Waals surface area contributed by atoms with E-state index >= 15 is 0 Å². The number of benzene rings is 1. The van der Waals surface area contributed by atoms with Gasteiger partial charge in [-0.3, -0.25) is 11.3 Å². The molecule has 0 aliphatic rings. The van der Waals surface area contributed by atoms with Gasteiger partial charge in [0.1, 0.15) is 0 Å². The van der Waals surface area contributed by atoms with Crippen LogP contribution >= 0.6 is 0 Å². The Hall–Kier alpha value is -0.860. The van der Waals surface area contributed by atoms with E-state index in [1.54, 1.807) is 0 Å². The number of aryl methyl sites for hydroxylation is 1. The molecular formula is C12H20N2. The maximum atomic E-state index is 5.46. The van der Waals surface area contributed by atoms with Crippen LogP contribution in [0.2, 0.25) is 0 Å². The van der Waals surface area contributed by atoms with E-state index in [4.69, 9.17) is 5.84 Å². The Morgan fingerprint density at radius 2 is 1.86 bits per heavy atom. The smallest absolute Gasteiger partial charge is 0.0457 e. The molecular weight excluding hydrogens is 172 g/mol. The zero-order valence-electron chi connectivity index (χ0n) is 9.09. The molecule has 1 unspecified atom stereocenters. The summed E-state index contributed by atoms with van der Waals surface area (Å²) >= 11 is 0. The van der Waals surface area contributed by atoms with Gasteiger partial charge in [0.15, 0.2) is 0 Å². The molecule has 0 aliphatic heterocycles. The Bertz CT molecular complexity index is 250. The van der Waals surface area contributed by atoms with E-state index in [1.165, 1.54) is 17.5 Å². The van der Waals surface area contributed by atoms with Gasteiger partial charge in [-0.25, -0.2) is 0 Å². The molecule has 0 aromatic heterocycles. The average Bonchev–Trinajstić information content (AvgIpc) is 2.23. The number of nitrogens with one attached hydrogen (secondary N) is 1. The zero-order chi connectivity index (χ0) is 10.4. The lowest BCUT2D eigenvalue weighted by molar-refractivity contribution is 0.539. The van der Waals surface area contributed by atoms with Crippen molar-refractivity contribution in [1.29, 1.82) is 0 Å². The molecule has 3 N–H and O–H groups in total. The van der Waals surface area contributed by atoms with Crippen LogP contribution in [-0.4, -0.2) is 0 Å². The third-order valence-electron chi connectivity index (χ3n) is 2.53. The van der Waals surface area contributed by atoms with Gasteiger partial charge in [-0.1, -0.05) is 44.5 Å². The van der Waals surface area contributed by atoms with Gasteiger partial charge in [0.05, 0.1) is 0 Å². The number of nitrogens with two attached hydrogens (primary N) is 1. The van der Waals surface area contributed by atoms with Crippen LogP contribution in [0.4, 0.5) is 0 Å². The predicted octanol–water partition coefficient (Wildman–Crippen LogP) is 2.55. The first-order valence-corrected chi connectivity index (χ1v) is 5.36. The van der Waals surface area contributed by atoms with Crippen LogP contribution in [-0.2, 0) is 6.42 Å². The fraction of sp³-hybridized carbons (Fsp3) is 0.500. The highest BCUT2D eigenvalue weighted by molar-refractivity contribution is 5.24. The third-order valence-corrected chi connectivity index (χ3v) is 2.53. The highest BCUT2D eigenvalue weighted by Crippen LogP contribution is 2.16. The summed E-state index contributed by atoms with van der Waals surface area (Å²) in [7, 11) is 0. The Morgan fingerprint density at radius 3 is 2.29 bits per heavy atom. The second kappa shape index (κ2) is 5.78. The first-order valence-electron chi connectivity index (χ1n) is 5.36. The highest BCUT2D eigenvalue weighted by atomic mass is 15.2. The summed E-state index contributed by atoms with van der Waals surface area (Å²) < 4.78 is 0. The van der Waals surface area contributed by atoms with Crippen molar-refractivity contribution in [3.05, 3.63) is 35.4 Å². The van der Waals surface area contributed by atoms with Crippen LogP contribution in [0, 0.1) is 0 Å². The van der Waals surface area contributed by atoms with Gasteiger partial charge >= 0.3 is 0 Å². The molecule has 0 aliphatic carbocycles. The van der Waals surface area contributed by atoms with Crippen molar-refractivity contribution >= 4 is 0 Å². The Kier molecular flexibility index (Phi) is 4.63. The molecule has 0 amide bonds. The molecule has 2 nitrogen and oxygen atoms in total. The van der Waals surface area contributed by atoms with Crippen molar-refractivity contribution in [1.82, 2.24) is 5.43 Å². The molecule has 0 saturated heterocycles. The van der Waals surface area contributed by atoms with E-state index in [0.29, 0.717) is 0 Å². The van der Waals surface area contributed by atoms with Crippen molar-refractivity contribution in [2.24, 2.45) is 5.84 Å². The summed E-state index contributed by atoms with van der Waals surface area (Å²) in [4.78, 5) is 0. The fourth-order valence-corrected chi connectivity index (χ4v) is 1.66. The fourth-order valence-electron chi connectivity index (χ4n) is 1.66. The minimum atomic E-state index is 0.283. The second-order valence-corrected chi connectivity index (χ2v) is 3.62. The summed E-state index contributed by atoms with van der Waals surface area (Å²) in [5.74, 6) is 5.46. The maximum Gasteiger partial charge on any atom is 0.0457 e. The number of hydrazine groups is 1. The van der Waals surface area contributed by atoms with E-state index in [2.05, 4.69) is 43.5 Å². The largest absolute Gasteiger partial charge is 0.271 e. The molecule has 2 heteroatoms. The minimum Gasteiger partial charge on any atom is -0.271 e. The van der Waals surface area contributed by atoms with E-state index in [1.807, 2.05) is 0 Å². The van der Waals surface area contributed by atoms with Gasteiger partial charge in [0.2, 0.25) is 0 Å². The van der Waals surface area contributed by atoms with Gasteiger partial charge in [0, 0.05) is 6.04 Å². The molecule has 0 radical (unpaired) electrons. The van der Waals surface area contributed by atoms with E-state index < -0.39 is 0 Å². The molecule has 0 fully saturated rings. The molecule has 0 bridgehead atoms. The van der Waals surface area contributed by atoms with Crippen LogP contribution < -0.4 is 11.3 Å². The van der Waals surface area contributed by atoms with Gasteiger partial charge < -0.3 is 0 Å². The van der Waals surface area contributed by atoms with E-state index in [9.17, 15) is 0 Å². The lowest BCUT2D eigenvalue weighted by Gasteiger charge is -2.14. The van der Waals surface area contributed by atoms with Crippen molar-refractivity contribution in [2.75, 3.05) is 0 Å². The SMILES string of the molecule is CCCc1ccc(C(CC)NN)cc1. The molecule has 78 valence electrons. The van der Waals surface area contributed by atoms with Crippen molar-refractivity contribution in [2.45, 2.75) is 39.2 Å². The first-order chi connectivity index (χ1) is 6.81. The van der Waals surface area contributed by atoms with Gasteiger partial charge in [-0.05, 0) is 24.0 Å². The lowest BCUT2D eigenvalue weighted by atomic mass is 10.0. The summed E-state index contributed by atoms with van der Waals surface area (Å²) in [6.45, 7) is 4.33. The molecule has 1 atom stereocenters. The monoisotopic (exact) mass is 192 g/mol. The van der Waals surface area contributed by atoms with E-state index in [-0.39, 0.29) is 6.04 Å². The van der Waals surface area contributed by atoms with Crippen LogP contribution in [0.5, 0.6) is 0 Å². The third kappa shape index (κ3) is 2.82. The highest BCUT2D eigenvalue weighted by Gasteiger charge is 2.05. The molecule has 1 aromatic carbocycles. The standard InChI is InChI=1S/C12H20N2/c1-3-5-10-6-8-11(9-7-10)12(4-2)14-13/h6-9,12,14H,3-5,13H2,1-2H3. The van der Waals surface area contributed by atoms with Crippen LogP contribution in [0.1, 0.15) is 43.9 Å². The van der Waals surface area contributed by atoms with Gasteiger partial charge in [0.25, 0.3) is 0 Å².